The molecule has 3 amide bonds. The number of thiol groups is 1. The summed E-state index contributed by atoms with van der Waals surface area (Å²) in [5.41, 5.74) is 10.8. The molecule has 0 saturated carbocycles. The van der Waals surface area contributed by atoms with Crippen LogP contribution in [0.5, 0.6) is 0 Å². The Bertz CT molecular complexity index is 470. The Morgan fingerprint density at radius 1 is 1.06 bits per heavy atom. The minimum absolute atomic E-state index is 0.104. The molecule has 1 aromatic rings. The van der Waals surface area contributed by atoms with Crippen molar-refractivity contribution < 1.29 is 14.4 Å². The Balaban J connectivity index is 3.07. The van der Waals surface area contributed by atoms with Gasteiger partial charge in [0.05, 0.1) is 0 Å². The first-order valence-electron chi connectivity index (χ1n) is 5.09. The third kappa shape index (κ3) is 3.77. The first-order valence-corrected chi connectivity index (χ1v) is 5.72. The molecule has 6 nitrogen and oxygen atoms in total. The van der Waals surface area contributed by atoms with E-state index in [0.29, 0.717) is 11.4 Å². The summed E-state index contributed by atoms with van der Waals surface area (Å²) in [5.74, 6) is -1.29. The van der Waals surface area contributed by atoms with Crippen LogP contribution in [0.25, 0.3) is 0 Å². The predicted molar refractivity (Wildman–Crippen MR) is 70.6 cm³/mol. The van der Waals surface area contributed by atoms with Crippen molar-refractivity contribution in [3.8, 4) is 0 Å². The maximum atomic E-state index is 11.4. The minimum atomic E-state index is -0.706. The highest BCUT2D eigenvalue weighted by atomic mass is 32.1. The molecule has 96 valence electrons. The van der Waals surface area contributed by atoms with Crippen LogP contribution in [0.15, 0.2) is 18.2 Å². The van der Waals surface area contributed by atoms with Crippen molar-refractivity contribution in [1.29, 1.82) is 0 Å². The summed E-state index contributed by atoms with van der Waals surface area (Å²) in [5, 5.41) is 2.53. The van der Waals surface area contributed by atoms with E-state index in [1.807, 2.05) is 0 Å². The van der Waals surface area contributed by atoms with Gasteiger partial charge in [0.1, 0.15) is 0 Å². The Morgan fingerprint density at radius 3 is 1.94 bits per heavy atom. The SMILES string of the molecule is NC(=O)c1cc(NC(=O)CCS)cc(C(N)=O)c1. The minimum Gasteiger partial charge on any atom is -0.366 e. The fourth-order valence-corrected chi connectivity index (χ4v) is 1.51. The summed E-state index contributed by atoms with van der Waals surface area (Å²) < 4.78 is 0. The number of nitrogens with one attached hydrogen (secondary N) is 1. The van der Waals surface area contributed by atoms with Crippen molar-refractivity contribution in [2.75, 3.05) is 11.1 Å². The topological polar surface area (TPSA) is 115 Å². The quantitative estimate of drug-likeness (QED) is 0.569. The lowest BCUT2D eigenvalue weighted by Gasteiger charge is -2.07. The maximum absolute atomic E-state index is 11.4. The number of carbonyl (C=O) groups excluding carboxylic acids is 3. The zero-order valence-electron chi connectivity index (χ0n) is 9.47. The second-order valence-electron chi connectivity index (χ2n) is 3.55. The lowest BCUT2D eigenvalue weighted by molar-refractivity contribution is -0.115. The molecule has 0 spiro atoms. The standard InChI is InChI=1S/C11H13N3O3S/c12-10(16)6-3-7(11(13)17)5-8(4-6)14-9(15)1-2-18/h3-5,18H,1-2H2,(H2,12,16)(H2,13,17)(H,14,15). The average Bonchev–Trinajstić information content (AvgIpc) is 2.28. The molecule has 1 rings (SSSR count). The highest BCUT2D eigenvalue weighted by Gasteiger charge is 2.10. The molecule has 0 bridgehead atoms. The Morgan fingerprint density at radius 2 is 1.56 bits per heavy atom. The van der Waals surface area contributed by atoms with Gasteiger partial charge >= 0.3 is 0 Å². The first kappa shape index (κ1) is 14.0. The van der Waals surface area contributed by atoms with Gasteiger partial charge < -0.3 is 16.8 Å². The van der Waals surface area contributed by atoms with Crippen molar-refractivity contribution in [2.45, 2.75) is 6.42 Å². The third-order valence-corrected chi connectivity index (χ3v) is 2.35. The molecule has 1 aromatic carbocycles. The second-order valence-corrected chi connectivity index (χ2v) is 4.00. The average molecular weight is 267 g/mol. The maximum Gasteiger partial charge on any atom is 0.248 e. The number of nitrogens with two attached hydrogens (primary N) is 2. The molecule has 0 aromatic heterocycles. The van der Waals surface area contributed by atoms with Gasteiger partial charge in [0.15, 0.2) is 0 Å². The summed E-state index contributed by atoms with van der Waals surface area (Å²) >= 11 is 3.92. The van der Waals surface area contributed by atoms with Crippen LogP contribution in [0.3, 0.4) is 0 Å². The molecule has 0 atom stereocenters. The van der Waals surface area contributed by atoms with Crippen LogP contribution >= 0.6 is 12.6 Å². The lowest BCUT2D eigenvalue weighted by atomic mass is 10.1. The van der Waals surface area contributed by atoms with Crippen LogP contribution in [-0.2, 0) is 4.79 Å². The van der Waals surface area contributed by atoms with E-state index in [-0.39, 0.29) is 23.5 Å². The van der Waals surface area contributed by atoms with Gasteiger partial charge in [-0.1, -0.05) is 0 Å². The molecule has 5 N–H and O–H groups in total. The van der Waals surface area contributed by atoms with Gasteiger partial charge in [-0.15, -0.1) is 0 Å². The first-order chi connectivity index (χ1) is 8.43. The smallest absolute Gasteiger partial charge is 0.248 e. The summed E-state index contributed by atoms with van der Waals surface area (Å²) in [6.07, 6.45) is 0.218. The fourth-order valence-electron chi connectivity index (χ4n) is 1.31. The van der Waals surface area contributed by atoms with Crippen LogP contribution in [0.4, 0.5) is 5.69 Å². The van der Waals surface area contributed by atoms with E-state index in [1.54, 1.807) is 0 Å². The van der Waals surface area contributed by atoms with Gasteiger partial charge in [0, 0.05) is 23.2 Å². The molecule has 0 fully saturated rings. The molecule has 0 aliphatic rings. The number of primary amides is 2. The summed E-state index contributed by atoms with van der Waals surface area (Å²) in [6.45, 7) is 0. The normalized spacial score (nSPS) is 9.83. The van der Waals surface area contributed by atoms with Crippen molar-refractivity contribution in [1.82, 2.24) is 0 Å². The molecular weight excluding hydrogens is 254 g/mol. The number of rotatable bonds is 5. The van der Waals surface area contributed by atoms with Gasteiger partial charge in [0.25, 0.3) is 0 Å². The van der Waals surface area contributed by atoms with Gasteiger partial charge in [-0.25, -0.2) is 0 Å². The van der Waals surface area contributed by atoms with Crippen LogP contribution in [-0.4, -0.2) is 23.5 Å². The molecular formula is C11H13N3O3S. The van der Waals surface area contributed by atoms with Crippen molar-refractivity contribution in [2.24, 2.45) is 11.5 Å². The second kappa shape index (κ2) is 6.06. The largest absolute Gasteiger partial charge is 0.366 e. The zero-order valence-corrected chi connectivity index (χ0v) is 10.4. The van der Waals surface area contributed by atoms with Crippen LogP contribution in [0, 0.1) is 0 Å². The van der Waals surface area contributed by atoms with Crippen molar-refractivity contribution in [3.63, 3.8) is 0 Å². The summed E-state index contributed by atoms with van der Waals surface area (Å²) in [6, 6.07) is 4.04. The number of hydrogen-bond acceptors (Lipinski definition) is 4. The van der Waals surface area contributed by atoms with E-state index in [2.05, 4.69) is 17.9 Å². The summed E-state index contributed by atoms with van der Waals surface area (Å²) in [4.78, 5) is 33.6. The van der Waals surface area contributed by atoms with E-state index < -0.39 is 11.8 Å². The van der Waals surface area contributed by atoms with Gasteiger partial charge in [-0.3, -0.25) is 14.4 Å². The molecule has 0 saturated heterocycles. The van der Waals surface area contributed by atoms with E-state index >= 15 is 0 Å². The molecule has 0 heterocycles. The van der Waals surface area contributed by atoms with Crippen molar-refractivity contribution >= 4 is 36.0 Å². The molecule has 0 radical (unpaired) electrons. The van der Waals surface area contributed by atoms with Crippen molar-refractivity contribution in [3.05, 3.63) is 29.3 Å². The number of hydrogen-bond donors (Lipinski definition) is 4. The lowest BCUT2D eigenvalue weighted by Crippen LogP contribution is -2.18. The van der Waals surface area contributed by atoms with E-state index in [1.165, 1.54) is 18.2 Å². The monoisotopic (exact) mass is 267 g/mol. The van der Waals surface area contributed by atoms with Crippen LogP contribution in [0.1, 0.15) is 27.1 Å². The zero-order chi connectivity index (χ0) is 13.7. The Kier molecular flexibility index (Phi) is 4.73. The highest BCUT2D eigenvalue weighted by molar-refractivity contribution is 7.80. The summed E-state index contributed by atoms with van der Waals surface area (Å²) in [7, 11) is 0. The molecule has 7 heteroatoms. The third-order valence-electron chi connectivity index (χ3n) is 2.12. The molecule has 18 heavy (non-hydrogen) atoms. The Hall–Kier alpha value is -2.02. The van der Waals surface area contributed by atoms with Crippen LogP contribution in [0.2, 0.25) is 0 Å². The number of amides is 3. The fraction of sp³-hybridized carbons (Fsp3) is 0.182. The number of carbonyl (C=O) groups is 3. The van der Waals surface area contributed by atoms with E-state index in [0.717, 1.165) is 0 Å². The number of anilines is 1. The van der Waals surface area contributed by atoms with E-state index in [9.17, 15) is 14.4 Å². The van der Waals surface area contributed by atoms with Gasteiger partial charge in [0.2, 0.25) is 17.7 Å². The highest BCUT2D eigenvalue weighted by Crippen LogP contribution is 2.15. The number of benzene rings is 1. The molecule has 0 unspecified atom stereocenters. The Labute approximate surface area is 109 Å². The predicted octanol–water partition coefficient (Wildman–Crippen LogP) is 0.143. The van der Waals surface area contributed by atoms with E-state index in [4.69, 9.17) is 11.5 Å². The van der Waals surface area contributed by atoms with Gasteiger partial charge in [-0.05, 0) is 24.0 Å². The molecule has 0 aliphatic carbocycles. The van der Waals surface area contributed by atoms with Crippen LogP contribution < -0.4 is 16.8 Å². The molecule has 0 aliphatic heterocycles. The van der Waals surface area contributed by atoms with Gasteiger partial charge in [-0.2, -0.15) is 12.6 Å².